The summed E-state index contributed by atoms with van der Waals surface area (Å²) in [5, 5.41) is 0. The highest BCUT2D eigenvalue weighted by atomic mass is 32.2. The zero-order chi connectivity index (χ0) is 18.2. The molecule has 0 N–H and O–H groups in total. The molecule has 0 amide bonds. The summed E-state index contributed by atoms with van der Waals surface area (Å²) in [6.07, 6.45) is 6.71. The van der Waals surface area contributed by atoms with Crippen molar-refractivity contribution < 1.29 is 13.9 Å². The molecule has 2 rings (SSSR count). The van der Waals surface area contributed by atoms with E-state index in [1.807, 2.05) is 6.07 Å². The first-order chi connectivity index (χ1) is 12.1. The molecular weight excluding hydrogens is 335 g/mol. The van der Waals surface area contributed by atoms with Gasteiger partial charge in [0.2, 0.25) is 0 Å². The minimum Gasteiger partial charge on any atom is -0.465 e. The largest absolute Gasteiger partial charge is 0.465 e. The summed E-state index contributed by atoms with van der Waals surface area (Å²) in [5.41, 5.74) is 2.03. The predicted octanol–water partition coefficient (Wildman–Crippen LogP) is 6.12. The van der Waals surface area contributed by atoms with Crippen LogP contribution in [0.3, 0.4) is 0 Å². The van der Waals surface area contributed by atoms with Crippen LogP contribution in [0.1, 0.15) is 76.3 Å². The van der Waals surface area contributed by atoms with Gasteiger partial charge in [0, 0.05) is 10.6 Å². The number of unbranched alkanes of at least 4 members (excludes halogenated alkanes) is 1. The smallest absolute Gasteiger partial charge is 0.306 e. The Morgan fingerprint density at radius 1 is 1.40 bits per heavy atom. The molecule has 2 nitrogen and oxygen atoms in total. The molecule has 1 aliphatic rings. The highest BCUT2D eigenvalue weighted by Gasteiger charge is 2.23. The van der Waals surface area contributed by atoms with Crippen molar-refractivity contribution >= 4 is 17.7 Å². The quantitative estimate of drug-likeness (QED) is 0.369. The van der Waals surface area contributed by atoms with Crippen molar-refractivity contribution in [2.75, 3.05) is 12.4 Å². The van der Waals surface area contributed by atoms with Crippen LogP contribution in [0.4, 0.5) is 4.39 Å². The first-order valence-electron chi connectivity index (χ1n) is 9.66. The fraction of sp³-hybridized carbons (Fsp3) is 0.667. The maximum atomic E-state index is 14.6. The summed E-state index contributed by atoms with van der Waals surface area (Å²) >= 11 is 1.42. The normalized spacial score (nSPS) is 17.4. The lowest BCUT2D eigenvalue weighted by atomic mass is 10.0. The van der Waals surface area contributed by atoms with Gasteiger partial charge in [-0.15, -0.1) is 11.8 Å². The fourth-order valence-corrected chi connectivity index (χ4v) is 4.29. The number of esters is 1. The third kappa shape index (κ3) is 5.73. The van der Waals surface area contributed by atoms with E-state index in [0.717, 1.165) is 36.8 Å². The summed E-state index contributed by atoms with van der Waals surface area (Å²) in [5.74, 6) is 1.24. The second-order valence-corrected chi connectivity index (χ2v) is 8.22. The van der Waals surface area contributed by atoms with Crippen molar-refractivity contribution in [3.63, 3.8) is 0 Å². The van der Waals surface area contributed by atoms with Crippen molar-refractivity contribution in [3.05, 3.63) is 29.1 Å². The molecule has 0 saturated heterocycles. The molecule has 0 bridgehead atoms. The molecule has 0 fully saturated rings. The van der Waals surface area contributed by atoms with E-state index < -0.39 is 0 Å². The number of fused-ring (bicyclic) bond motifs is 1. The fourth-order valence-electron chi connectivity index (χ4n) is 3.38. The van der Waals surface area contributed by atoms with E-state index in [4.69, 9.17) is 4.74 Å². The molecule has 0 saturated carbocycles. The lowest BCUT2D eigenvalue weighted by Gasteiger charge is -2.14. The van der Waals surface area contributed by atoms with Crippen LogP contribution in [0, 0.1) is 11.7 Å². The van der Waals surface area contributed by atoms with E-state index in [1.54, 1.807) is 0 Å². The van der Waals surface area contributed by atoms with Crippen molar-refractivity contribution in [2.24, 2.45) is 5.92 Å². The number of rotatable bonds is 10. The standard InChI is InChI=1S/C21H31FO2S/c1-4-6-7-16(5-2)14-24-20(23)12-13-25-19-11-10-17-15(3)8-9-18(17)21(19)22/h10-11,15-16H,4-9,12-14H2,1-3H3. The van der Waals surface area contributed by atoms with Gasteiger partial charge < -0.3 is 4.74 Å². The maximum Gasteiger partial charge on any atom is 0.306 e. The zero-order valence-corrected chi connectivity index (χ0v) is 16.6. The molecule has 2 atom stereocenters. The molecule has 0 heterocycles. The Morgan fingerprint density at radius 3 is 2.92 bits per heavy atom. The maximum absolute atomic E-state index is 14.6. The minimum atomic E-state index is -0.169. The van der Waals surface area contributed by atoms with Gasteiger partial charge in [0.15, 0.2) is 0 Å². The van der Waals surface area contributed by atoms with Gasteiger partial charge in [0.05, 0.1) is 13.0 Å². The Bertz CT molecular complexity index is 573. The zero-order valence-electron chi connectivity index (χ0n) is 15.8. The SMILES string of the molecule is CCCCC(CC)COC(=O)CCSc1ccc2c(c1F)CCC2C. The molecule has 25 heavy (non-hydrogen) atoms. The molecule has 4 heteroatoms. The third-order valence-corrected chi connectivity index (χ3v) is 6.22. The van der Waals surface area contributed by atoms with Crippen LogP contribution >= 0.6 is 11.8 Å². The molecule has 0 aromatic heterocycles. The summed E-state index contributed by atoms with van der Waals surface area (Å²) in [6.45, 7) is 6.99. The first kappa shape index (κ1) is 20.3. The van der Waals surface area contributed by atoms with Gasteiger partial charge in [-0.3, -0.25) is 4.79 Å². The Labute approximate surface area is 155 Å². The van der Waals surface area contributed by atoms with Gasteiger partial charge in [-0.1, -0.05) is 46.1 Å². The minimum absolute atomic E-state index is 0.0779. The molecule has 0 spiro atoms. The molecule has 0 aliphatic heterocycles. The van der Waals surface area contributed by atoms with Crippen molar-refractivity contribution in [1.29, 1.82) is 0 Å². The molecule has 1 aromatic carbocycles. The Morgan fingerprint density at radius 2 is 2.20 bits per heavy atom. The highest BCUT2D eigenvalue weighted by molar-refractivity contribution is 7.99. The molecule has 1 aromatic rings. The number of carbonyl (C=O) groups excluding carboxylic acids is 1. The Balaban J connectivity index is 1.74. The average molecular weight is 367 g/mol. The van der Waals surface area contributed by atoms with E-state index in [1.165, 1.54) is 24.6 Å². The van der Waals surface area contributed by atoms with E-state index >= 15 is 0 Å². The molecular formula is C21H31FO2S. The average Bonchev–Trinajstić information content (AvgIpc) is 2.99. The number of hydrogen-bond acceptors (Lipinski definition) is 3. The van der Waals surface area contributed by atoms with E-state index in [2.05, 4.69) is 26.8 Å². The highest BCUT2D eigenvalue weighted by Crippen LogP contribution is 2.37. The lowest BCUT2D eigenvalue weighted by molar-refractivity contribution is -0.144. The van der Waals surface area contributed by atoms with Crippen molar-refractivity contribution in [2.45, 2.75) is 76.5 Å². The molecule has 1 aliphatic carbocycles. The Kier molecular flexibility index (Phi) is 8.28. The number of thioether (sulfide) groups is 1. The van der Waals surface area contributed by atoms with Crippen LogP contribution in [0.2, 0.25) is 0 Å². The van der Waals surface area contributed by atoms with Crippen molar-refractivity contribution in [1.82, 2.24) is 0 Å². The molecule has 2 unspecified atom stereocenters. The number of ether oxygens (including phenoxy) is 1. The van der Waals surface area contributed by atoms with Crippen LogP contribution in [0.25, 0.3) is 0 Å². The van der Waals surface area contributed by atoms with Crippen LogP contribution in [-0.2, 0) is 16.0 Å². The van der Waals surface area contributed by atoms with Gasteiger partial charge in [0.25, 0.3) is 0 Å². The molecule has 140 valence electrons. The number of benzene rings is 1. The predicted molar refractivity (Wildman–Crippen MR) is 103 cm³/mol. The summed E-state index contributed by atoms with van der Waals surface area (Å²) in [6, 6.07) is 3.92. The summed E-state index contributed by atoms with van der Waals surface area (Å²) in [4.78, 5) is 12.6. The lowest BCUT2D eigenvalue weighted by Crippen LogP contribution is -2.14. The van der Waals surface area contributed by atoms with Crippen LogP contribution in [0.5, 0.6) is 0 Å². The van der Waals surface area contributed by atoms with Gasteiger partial charge in [0.1, 0.15) is 5.82 Å². The van der Waals surface area contributed by atoms with E-state index in [-0.39, 0.29) is 11.8 Å². The van der Waals surface area contributed by atoms with Crippen molar-refractivity contribution in [3.8, 4) is 0 Å². The van der Waals surface area contributed by atoms with Crippen LogP contribution in [-0.4, -0.2) is 18.3 Å². The number of hydrogen-bond donors (Lipinski definition) is 0. The van der Waals surface area contributed by atoms with E-state index in [9.17, 15) is 9.18 Å². The number of carbonyl (C=O) groups is 1. The monoisotopic (exact) mass is 366 g/mol. The Hall–Kier alpha value is -1.03. The second kappa shape index (κ2) is 10.2. The second-order valence-electron chi connectivity index (χ2n) is 7.08. The third-order valence-electron chi connectivity index (χ3n) is 5.19. The molecule has 0 radical (unpaired) electrons. The summed E-state index contributed by atoms with van der Waals surface area (Å²) in [7, 11) is 0. The van der Waals surface area contributed by atoms with Gasteiger partial charge in [-0.05, 0) is 48.3 Å². The topological polar surface area (TPSA) is 26.3 Å². The van der Waals surface area contributed by atoms with Crippen LogP contribution in [0.15, 0.2) is 17.0 Å². The van der Waals surface area contributed by atoms with Gasteiger partial charge >= 0.3 is 5.97 Å². The van der Waals surface area contributed by atoms with Gasteiger partial charge in [-0.25, -0.2) is 4.39 Å². The first-order valence-corrected chi connectivity index (χ1v) is 10.6. The summed E-state index contributed by atoms with van der Waals surface area (Å²) < 4.78 is 20.0. The number of halogens is 1. The van der Waals surface area contributed by atoms with Crippen LogP contribution < -0.4 is 0 Å². The van der Waals surface area contributed by atoms with Gasteiger partial charge in [-0.2, -0.15) is 0 Å². The van der Waals surface area contributed by atoms with E-state index in [0.29, 0.717) is 35.5 Å².